The van der Waals surface area contributed by atoms with E-state index in [0.29, 0.717) is 29.2 Å². The standard InChI is InChI=1S/C19H23N3O4S2/c1-14-7-8-15(12-17(14)28(25,26)22-9-3-2-4-10-22)21-18(23)13-20-19(24)16-6-5-11-27-16/h5-8,11-12H,2-4,9-10,13H2,1H3,(H,20,24)(H,21,23). The Labute approximate surface area is 168 Å². The number of sulfonamides is 1. The van der Waals surface area contributed by atoms with Crippen LogP contribution >= 0.6 is 11.3 Å². The first kappa shape index (κ1) is 20.5. The summed E-state index contributed by atoms with van der Waals surface area (Å²) in [5.41, 5.74) is 1.02. The number of hydrogen-bond acceptors (Lipinski definition) is 5. The maximum atomic E-state index is 12.9. The van der Waals surface area contributed by atoms with Gasteiger partial charge in [0.15, 0.2) is 0 Å². The largest absolute Gasteiger partial charge is 0.342 e. The van der Waals surface area contributed by atoms with Crippen molar-refractivity contribution in [2.75, 3.05) is 25.0 Å². The molecule has 2 amide bonds. The third-order valence-electron chi connectivity index (χ3n) is 4.56. The van der Waals surface area contributed by atoms with Gasteiger partial charge in [0, 0.05) is 18.8 Å². The van der Waals surface area contributed by atoms with Crippen LogP contribution in [0.1, 0.15) is 34.5 Å². The highest BCUT2D eigenvalue weighted by Gasteiger charge is 2.27. The fourth-order valence-corrected chi connectivity index (χ4v) is 5.47. The van der Waals surface area contributed by atoms with Gasteiger partial charge in [-0.1, -0.05) is 18.6 Å². The monoisotopic (exact) mass is 421 g/mol. The van der Waals surface area contributed by atoms with Crippen LogP contribution in [0.4, 0.5) is 5.69 Å². The van der Waals surface area contributed by atoms with Crippen LogP contribution < -0.4 is 10.6 Å². The van der Waals surface area contributed by atoms with Gasteiger partial charge in [-0.3, -0.25) is 9.59 Å². The molecule has 150 valence electrons. The fraction of sp³-hybridized carbons (Fsp3) is 0.368. The molecule has 1 saturated heterocycles. The number of amides is 2. The molecule has 9 heteroatoms. The number of hydrogen-bond donors (Lipinski definition) is 2. The van der Waals surface area contributed by atoms with Gasteiger partial charge in [0.25, 0.3) is 5.91 Å². The van der Waals surface area contributed by atoms with Crippen molar-refractivity contribution in [1.82, 2.24) is 9.62 Å². The molecule has 7 nitrogen and oxygen atoms in total. The van der Waals surface area contributed by atoms with Crippen LogP contribution in [0.5, 0.6) is 0 Å². The van der Waals surface area contributed by atoms with Crippen LogP contribution in [0.2, 0.25) is 0 Å². The van der Waals surface area contributed by atoms with Crippen molar-refractivity contribution in [3.8, 4) is 0 Å². The average Bonchev–Trinajstić information content (AvgIpc) is 3.23. The van der Waals surface area contributed by atoms with Crippen molar-refractivity contribution in [2.45, 2.75) is 31.1 Å². The molecule has 1 aliphatic heterocycles. The molecule has 0 bridgehead atoms. The van der Waals surface area contributed by atoms with E-state index < -0.39 is 15.9 Å². The number of nitrogens with one attached hydrogen (secondary N) is 2. The minimum absolute atomic E-state index is 0.196. The van der Waals surface area contributed by atoms with Crippen molar-refractivity contribution < 1.29 is 18.0 Å². The van der Waals surface area contributed by atoms with Crippen LogP contribution in [-0.2, 0) is 14.8 Å². The third-order valence-corrected chi connectivity index (χ3v) is 7.47. The minimum Gasteiger partial charge on any atom is -0.342 e. The molecule has 28 heavy (non-hydrogen) atoms. The number of nitrogens with zero attached hydrogens (tertiary/aromatic N) is 1. The molecule has 0 aliphatic carbocycles. The Morgan fingerprint density at radius 1 is 1.14 bits per heavy atom. The number of piperidine rings is 1. The van der Waals surface area contributed by atoms with Crippen molar-refractivity contribution in [2.24, 2.45) is 0 Å². The molecule has 3 rings (SSSR count). The van der Waals surface area contributed by atoms with Gasteiger partial charge < -0.3 is 10.6 Å². The number of benzene rings is 1. The number of rotatable bonds is 6. The van der Waals surface area contributed by atoms with E-state index >= 15 is 0 Å². The summed E-state index contributed by atoms with van der Waals surface area (Å²) in [6, 6.07) is 8.25. The Morgan fingerprint density at radius 3 is 2.57 bits per heavy atom. The zero-order valence-electron chi connectivity index (χ0n) is 15.6. The van der Waals surface area contributed by atoms with Gasteiger partial charge in [-0.25, -0.2) is 8.42 Å². The zero-order valence-corrected chi connectivity index (χ0v) is 17.2. The van der Waals surface area contributed by atoms with Gasteiger partial charge >= 0.3 is 0 Å². The molecule has 2 N–H and O–H groups in total. The van der Waals surface area contributed by atoms with Crippen molar-refractivity contribution in [3.05, 3.63) is 46.2 Å². The van der Waals surface area contributed by atoms with Gasteiger partial charge in [0.2, 0.25) is 15.9 Å². The van der Waals surface area contributed by atoms with Crippen molar-refractivity contribution in [3.63, 3.8) is 0 Å². The van der Waals surface area contributed by atoms with Crippen LogP contribution in [-0.4, -0.2) is 44.2 Å². The summed E-state index contributed by atoms with van der Waals surface area (Å²) in [5.74, 6) is -0.738. The summed E-state index contributed by atoms with van der Waals surface area (Å²) in [7, 11) is -3.59. The predicted octanol–water partition coefficient (Wildman–Crippen LogP) is 2.60. The fourth-order valence-electron chi connectivity index (χ4n) is 3.06. The van der Waals surface area contributed by atoms with E-state index in [0.717, 1.165) is 19.3 Å². The lowest BCUT2D eigenvalue weighted by atomic mass is 10.2. The zero-order chi connectivity index (χ0) is 20.1. The number of carbonyl (C=O) groups excluding carboxylic acids is 2. The van der Waals surface area contributed by atoms with E-state index in [1.807, 2.05) is 0 Å². The molecule has 0 saturated carbocycles. The highest BCUT2D eigenvalue weighted by molar-refractivity contribution is 7.89. The molecule has 1 fully saturated rings. The lowest BCUT2D eigenvalue weighted by Crippen LogP contribution is -2.36. The molecule has 0 radical (unpaired) electrons. The number of anilines is 1. The summed E-state index contributed by atoms with van der Waals surface area (Å²) in [6.45, 7) is 2.59. The predicted molar refractivity (Wildman–Crippen MR) is 109 cm³/mol. The molecular weight excluding hydrogens is 398 g/mol. The van der Waals surface area contributed by atoms with E-state index in [1.54, 1.807) is 36.6 Å². The van der Waals surface area contributed by atoms with Crippen LogP contribution in [0.25, 0.3) is 0 Å². The van der Waals surface area contributed by atoms with Crippen molar-refractivity contribution >= 4 is 38.9 Å². The molecular formula is C19H23N3O4S2. The van der Waals surface area contributed by atoms with Gasteiger partial charge in [0.05, 0.1) is 16.3 Å². The summed E-state index contributed by atoms with van der Waals surface area (Å²) >= 11 is 1.29. The maximum absolute atomic E-state index is 12.9. The molecule has 1 aromatic carbocycles. The summed E-state index contributed by atoms with van der Waals surface area (Å²) in [5, 5.41) is 6.98. The Hall–Kier alpha value is -2.23. The lowest BCUT2D eigenvalue weighted by Gasteiger charge is -2.26. The molecule has 1 aromatic heterocycles. The van der Waals surface area contributed by atoms with Crippen LogP contribution in [0.3, 0.4) is 0 Å². The summed E-state index contributed by atoms with van der Waals surface area (Å²) in [6.07, 6.45) is 2.76. The minimum atomic E-state index is -3.59. The molecule has 2 heterocycles. The second-order valence-electron chi connectivity index (χ2n) is 6.65. The maximum Gasteiger partial charge on any atom is 0.261 e. The van der Waals surface area contributed by atoms with Crippen LogP contribution in [0, 0.1) is 6.92 Å². The second kappa shape index (κ2) is 8.85. The summed E-state index contributed by atoms with van der Waals surface area (Å²) < 4.78 is 27.4. The van der Waals surface area contributed by atoms with E-state index in [2.05, 4.69) is 10.6 Å². The van der Waals surface area contributed by atoms with Crippen LogP contribution in [0.15, 0.2) is 40.6 Å². The number of thiophene rings is 1. The topological polar surface area (TPSA) is 95.6 Å². The van der Waals surface area contributed by atoms with Gasteiger partial charge in [-0.15, -0.1) is 11.3 Å². The Balaban J connectivity index is 1.67. The molecule has 1 aliphatic rings. The SMILES string of the molecule is Cc1ccc(NC(=O)CNC(=O)c2cccs2)cc1S(=O)(=O)N1CCCCC1. The normalized spacial score (nSPS) is 15.2. The first-order valence-electron chi connectivity index (χ1n) is 9.10. The highest BCUT2D eigenvalue weighted by atomic mass is 32.2. The van der Waals surface area contributed by atoms with E-state index in [9.17, 15) is 18.0 Å². The molecule has 0 spiro atoms. The quantitative estimate of drug-likeness (QED) is 0.749. The van der Waals surface area contributed by atoms with Crippen molar-refractivity contribution in [1.29, 1.82) is 0 Å². The van der Waals surface area contributed by atoms with Gasteiger partial charge in [0.1, 0.15) is 0 Å². The second-order valence-corrected chi connectivity index (χ2v) is 9.51. The Bertz CT molecular complexity index is 950. The average molecular weight is 422 g/mol. The highest BCUT2D eigenvalue weighted by Crippen LogP contribution is 2.26. The smallest absolute Gasteiger partial charge is 0.261 e. The van der Waals surface area contributed by atoms with E-state index in [4.69, 9.17) is 0 Å². The van der Waals surface area contributed by atoms with E-state index in [-0.39, 0.29) is 17.3 Å². The molecule has 0 atom stereocenters. The molecule has 0 unspecified atom stereocenters. The lowest BCUT2D eigenvalue weighted by molar-refractivity contribution is -0.115. The Morgan fingerprint density at radius 2 is 1.89 bits per heavy atom. The summed E-state index contributed by atoms with van der Waals surface area (Å²) in [4.78, 5) is 24.8. The number of carbonyl (C=O) groups is 2. The molecule has 2 aromatic rings. The van der Waals surface area contributed by atoms with Gasteiger partial charge in [-0.05, 0) is 48.9 Å². The first-order valence-corrected chi connectivity index (χ1v) is 11.4. The number of aryl methyl sites for hydroxylation is 1. The third kappa shape index (κ3) is 4.78. The van der Waals surface area contributed by atoms with Gasteiger partial charge in [-0.2, -0.15) is 4.31 Å². The Kier molecular flexibility index (Phi) is 6.48. The first-order chi connectivity index (χ1) is 13.4. The van der Waals surface area contributed by atoms with E-state index in [1.165, 1.54) is 21.7 Å².